The van der Waals surface area contributed by atoms with Crippen LogP contribution in [0.25, 0.3) is 0 Å². The molecule has 14 heavy (non-hydrogen) atoms. The number of hydrogen-bond donors (Lipinski definition) is 2. The van der Waals surface area contributed by atoms with Gasteiger partial charge in [-0.15, -0.1) is 0 Å². The third-order valence-corrected chi connectivity index (χ3v) is 1.95. The second-order valence-electron chi connectivity index (χ2n) is 3.35. The Morgan fingerprint density at radius 1 is 1.50 bits per heavy atom. The summed E-state index contributed by atoms with van der Waals surface area (Å²) in [6, 6.07) is 5.78. The quantitative estimate of drug-likeness (QED) is 0.767. The first-order valence-electron chi connectivity index (χ1n) is 4.12. The standard InChI is InChI=1S/C10H11FO3/c1-10(14,9(12)13)6-7-4-2-3-5-8(7)11/h2-5,14H,6H2,1H3,(H,12,13). The van der Waals surface area contributed by atoms with Crippen molar-refractivity contribution in [2.45, 2.75) is 18.9 Å². The molecule has 0 aromatic heterocycles. The van der Waals surface area contributed by atoms with Crippen molar-refractivity contribution in [3.8, 4) is 0 Å². The van der Waals surface area contributed by atoms with Gasteiger partial charge in [-0.2, -0.15) is 0 Å². The zero-order chi connectivity index (χ0) is 10.8. The minimum Gasteiger partial charge on any atom is -0.479 e. The van der Waals surface area contributed by atoms with Crippen molar-refractivity contribution in [2.24, 2.45) is 0 Å². The highest BCUT2D eigenvalue weighted by atomic mass is 19.1. The van der Waals surface area contributed by atoms with Crippen molar-refractivity contribution in [1.29, 1.82) is 0 Å². The van der Waals surface area contributed by atoms with Crippen LogP contribution in [0, 0.1) is 5.82 Å². The molecule has 0 aliphatic carbocycles. The van der Waals surface area contributed by atoms with E-state index >= 15 is 0 Å². The van der Waals surface area contributed by atoms with Gasteiger partial charge in [0.1, 0.15) is 5.82 Å². The Morgan fingerprint density at radius 3 is 2.57 bits per heavy atom. The zero-order valence-corrected chi connectivity index (χ0v) is 7.70. The van der Waals surface area contributed by atoms with Crippen LogP contribution in [-0.4, -0.2) is 21.8 Å². The number of benzene rings is 1. The highest BCUT2D eigenvalue weighted by molar-refractivity contribution is 5.76. The lowest BCUT2D eigenvalue weighted by molar-refractivity contribution is -0.156. The van der Waals surface area contributed by atoms with Gasteiger partial charge in [-0.25, -0.2) is 9.18 Å². The number of carbonyl (C=O) groups is 1. The van der Waals surface area contributed by atoms with Crippen LogP contribution >= 0.6 is 0 Å². The molecule has 0 aliphatic heterocycles. The lowest BCUT2D eigenvalue weighted by Crippen LogP contribution is -2.37. The predicted octanol–water partition coefficient (Wildman–Crippen LogP) is 1.20. The molecule has 3 nitrogen and oxygen atoms in total. The smallest absolute Gasteiger partial charge is 0.335 e. The topological polar surface area (TPSA) is 57.5 Å². The van der Waals surface area contributed by atoms with E-state index in [1.807, 2.05) is 0 Å². The molecule has 0 saturated heterocycles. The maximum Gasteiger partial charge on any atom is 0.335 e. The molecule has 0 spiro atoms. The van der Waals surface area contributed by atoms with E-state index < -0.39 is 17.4 Å². The fourth-order valence-electron chi connectivity index (χ4n) is 1.09. The van der Waals surface area contributed by atoms with Crippen LogP contribution in [0.1, 0.15) is 12.5 Å². The van der Waals surface area contributed by atoms with Gasteiger partial charge in [-0.3, -0.25) is 0 Å². The average Bonchev–Trinajstić information content (AvgIpc) is 2.08. The Kier molecular flexibility index (Phi) is 2.86. The lowest BCUT2D eigenvalue weighted by Gasteiger charge is -2.17. The summed E-state index contributed by atoms with van der Waals surface area (Å²) >= 11 is 0. The molecule has 0 radical (unpaired) electrons. The van der Waals surface area contributed by atoms with E-state index in [1.165, 1.54) is 18.2 Å². The molecule has 0 amide bonds. The van der Waals surface area contributed by atoms with Gasteiger partial charge in [-0.1, -0.05) is 18.2 Å². The van der Waals surface area contributed by atoms with Gasteiger partial charge in [0.05, 0.1) is 0 Å². The molecular weight excluding hydrogens is 187 g/mol. The molecule has 76 valence electrons. The van der Waals surface area contributed by atoms with Crippen molar-refractivity contribution < 1.29 is 19.4 Å². The van der Waals surface area contributed by atoms with Gasteiger partial charge < -0.3 is 10.2 Å². The van der Waals surface area contributed by atoms with Crippen molar-refractivity contribution in [3.05, 3.63) is 35.6 Å². The van der Waals surface area contributed by atoms with Gasteiger partial charge in [0.15, 0.2) is 5.60 Å². The van der Waals surface area contributed by atoms with Crippen LogP contribution in [0.15, 0.2) is 24.3 Å². The molecule has 1 aromatic rings. The molecule has 1 rings (SSSR count). The largest absolute Gasteiger partial charge is 0.479 e. The van der Waals surface area contributed by atoms with Crippen LogP contribution < -0.4 is 0 Å². The van der Waals surface area contributed by atoms with E-state index in [1.54, 1.807) is 6.07 Å². The van der Waals surface area contributed by atoms with E-state index in [2.05, 4.69) is 0 Å². The van der Waals surface area contributed by atoms with E-state index in [0.717, 1.165) is 6.92 Å². The zero-order valence-electron chi connectivity index (χ0n) is 7.70. The molecule has 0 aliphatic rings. The van der Waals surface area contributed by atoms with E-state index in [4.69, 9.17) is 5.11 Å². The minimum atomic E-state index is -1.93. The summed E-state index contributed by atoms with van der Waals surface area (Å²) in [6.07, 6.45) is -0.241. The Hall–Kier alpha value is -1.42. The van der Waals surface area contributed by atoms with Crippen LogP contribution in [0.2, 0.25) is 0 Å². The van der Waals surface area contributed by atoms with Crippen molar-refractivity contribution >= 4 is 5.97 Å². The third kappa shape index (κ3) is 2.29. The Morgan fingerprint density at radius 2 is 2.07 bits per heavy atom. The van der Waals surface area contributed by atoms with Gasteiger partial charge >= 0.3 is 5.97 Å². The summed E-state index contributed by atoms with van der Waals surface area (Å²) in [6.45, 7) is 1.14. The molecule has 0 saturated carbocycles. The average molecular weight is 198 g/mol. The minimum absolute atomic E-state index is 0.194. The molecule has 2 N–H and O–H groups in total. The number of halogens is 1. The first-order valence-corrected chi connectivity index (χ1v) is 4.12. The first kappa shape index (κ1) is 10.7. The molecule has 1 unspecified atom stereocenters. The molecule has 0 bridgehead atoms. The highest BCUT2D eigenvalue weighted by Crippen LogP contribution is 2.15. The summed E-state index contributed by atoms with van der Waals surface area (Å²) in [5.41, 5.74) is -1.73. The maximum atomic E-state index is 13.1. The molecule has 0 fully saturated rings. The lowest BCUT2D eigenvalue weighted by atomic mass is 9.96. The molecule has 1 atom stereocenters. The molecule has 4 heteroatoms. The molecular formula is C10H11FO3. The number of aliphatic hydroxyl groups is 1. The summed E-state index contributed by atoms with van der Waals surface area (Å²) in [5, 5.41) is 18.0. The van der Waals surface area contributed by atoms with Crippen molar-refractivity contribution in [2.75, 3.05) is 0 Å². The van der Waals surface area contributed by atoms with Gasteiger partial charge in [-0.05, 0) is 18.6 Å². The SMILES string of the molecule is CC(O)(Cc1ccccc1F)C(=O)O. The van der Waals surface area contributed by atoms with Crippen LogP contribution in [-0.2, 0) is 11.2 Å². The first-order chi connectivity index (χ1) is 6.43. The Balaban J connectivity index is 2.89. The van der Waals surface area contributed by atoms with Gasteiger partial charge in [0, 0.05) is 6.42 Å². The summed E-state index contributed by atoms with van der Waals surface area (Å²) in [7, 11) is 0. The third-order valence-electron chi connectivity index (χ3n) is 1.95. The fourth-order valence-corrected chi connectivity index (χ4v) is 1.09. The van der Waals surface area contributed by atoms with E-state index in [9.17, 15) is 14.3 Å². The van der Waals surface area contributed by atoms with Gasteiger partial charge in [0.25, 0.3) is 0 Å². The van der Waals surface area contributed by atoms with Crippen LogP contribution in [0.4, 0.5) is 4.39 Å². The summed E-state index contributed by atoms with van der Waals surface area (Å²) in [5.74, 6) is -1.87. The Bertz CT molecular complexity index is 347. The number of carboxylic acid groups (broad SMARTS) is 1. The second kappa shape index (κ2) is 3.75. The molecule has 1 aromatic carbocycles. The monoisotopic (exact) mass is 198 g/mol. The predicted molar refractivity (Wildman–Crippen MR) is 48.4 cm³/mol. The molecule has 0 heterocycles. The Labute approximate surface area is 80.8 Å². The van der Waals surface area contributed by atoms with Crippen LogP contribution in [0.3, 0.4) is 0 Å². The van der Waals surface area contributed by atoms with Crippen LogP contribution in [0.5, 0.6) is 0 Å². The number of hydrogen-bond acceptors (Lipinski definition) is 2. The number of rotatable bonds is 3. The van der Waals surface area contributed by atoms with Gasteiger partial charge in [0.2, 0.25) is 0 Å². The van der Waals surface area contributed by atoms with Crippen molar-refractivity contribution in [3.63, 3.8) is 0 Å². The van der Waals surface area contributed by atoms with E-state index in [0.29, 0.717) is 0 Å². The summed E-state index contributed by atoms with van der Waals surface area (Å²) in [4.78, 5) is 10.6. The summed E-state index contributed by atoms with van der Waals surface area (Å²) < 4.78 is 13.1. The number of aliphatic carboxylic acids is 1. The number of carboxylic acids is 1. The fraction of sp³-hybridized carbons (Fsp3) is 0.300. The normalized spacial score (nSPS) is 14.8. The maximum absolute atomic E-state index is 13.1. The highest BCUT2D eigenvalue weighted by Gasteiger charge is 2.30. The second-order valence-corrected chi connectivity index (χ2v) is 3.35. The van der Waals surface area contributed by atoms with E-state index in [-0.39, 0.29) is 12.0 Å². The van der Waals surface area contributed by atoms with Crippen molar-refractivity contribution in [1.82, 2.24) is 0 Å².